The Morgan fingerprint density at radius 2 is 1.02 bits per heavy atom. The van der Waals surface area contributed by atoms with Gasteiger partial charge in [-0.05, 0) is 83.5 Å². The normalized spacial score (nSPS) is 14.3. The SMILES string of the molecule is CC/C=C\C/C=C\C/C=C\C/C=C\C/C=C\C/C=C\C/C=C\CC(=O)NCCOP(=O)(O)OCC(O)COC(=O)CCCCCCC/C=C\C/C=C\CCCCCC. The van der Waals surface area contributed by atoms with E-state index in [-0.39, 0.29) is 38.5 Å². The molecule has 0 fully saturated rings. The van der Waals surface area contributed by atoms with Gasteiger partial charge in [0.05, 0.1) is 13.2 Å². The van der Waals surface area contributed by atoms with Gasteiger partial charge in [0.15, 0.2) is 0 Å². The molecule has 0 aromatic heterocycles. The number of allylic oxidation sites excluding steroid dienone is 17. The maximum Gasteiger partial charge on any atom is 0.472 e. The van der Waals surface area contributed by atoms with Crippen molar-refractivity contribution in [1.82, 2.24) is 5.32 Å². The van der Waals surface area contributed by atoms with Crippen molar-refractivity contribution in [1.29, 1.82) is 0 Å². The molecule has 328 valence electrons. The minimum absolute atomic E-state index is 0.0160. The van der Waals surface area contributed by atoms with E-state index in [0.717, 1.165) is 77.0 Å². The van der Waals surface area contributed by atoms with Gasteiger partial charge in [-0.15, -0.1) is 0 Å². The quantitative estimate of drug-likeness (QED) is 0.0242. The molecule has 9 nitrogen and oxygen atoms in total. The molecule has 0 aliphatic rings. The molecule has 1 amide bonds. The highest BCUT2D eigenvalue weighted by molar-refractivity contribution is 7.47. The van der Waals surface area contributed by atoms with E-state index in [0.29, 0.717) is 12.8 Å². The Kier molecular flexibility index (Phi) is 40.8. The second kappa shape index (κ2) is 43.3. The topological polar surface area (TPSA) is 131 Å². The van der Waals surface area contributed by atoms with Gasteiger partial charge >= 0.3 is 13.8 Å². The Morgan fingerprint density at radius 3 is 1.53 bits per heavy atom. The number of esters is 1. The highest BCUT2D eigenvalue weighted by atomic mass is 31.2. The zero-order chi connectivity index (χ0) is 42.5. The molecule has 2 unspecified atom stereocenters. The minimum Gasteiger partial charge on any atom is -0.463 e. The number of carbonyl (C=O) groups excluding carboxylic acids is 2. The lowest BCUT2D eigenvalue weighted by molar-refractivity contribution is -0.147. The molecule has 0 aliphatic heterocycles. The van der Waals surface area contributed by atoms with E-state index in [9.17, 15) is 24.2 Å². The molecule has 58 heavy (non-hydrogen) atoms. The summed E-state index contributed by atoms with van der Waals surface area (Å²) in [7, 11) is -4.45. The number of phosphoric ester groups is 1. The molecule has 0 radical (unpaired) electrons. The van der Waals surface area contributed by atoms with E-state index in [1.54, 1.807) is 6.08 Å². The van der Waals surface area contributed by atoms with E-state index in [1.165, 1.54) is 32.1 Å². The van der Waals surface area contributed by atoms with Crippen LogP contribution in [0.5, 0.6) is 0 Å². The maximum atomic E-state index is 12.1. The minimum atomic E-state index is -4.45. The second-order valence-corrected chi connectivity index (χ2v) is 15.4. The van der Waals surface area contributed by atoms with Crippen LogP contribution in [0.4, 0.5) is 0 Å². The third-order valence-corrected chi connectivity index (χ3v) is 9.45. The molecule has 0 spiro atoms. The molecule has 2 atom stereocenters. The van der Waals surface area contributed by atoms with Crippen molar-refractivity contribution in [2.75, 3.05) is 26.4 Å². The third kappa shape index (κ3) is 43.8. The molecule has 0 heterocycles. The molecule has 10 heteroatoms. The van der Waals surface area contributed by atoms with Gasteiger partial charge in [-0.2, -0.15) is 0 Å². The number of rotatable bonds is 39. The van der Waals surface area contributed by atoms with Crippen molar-refractivity contribution < 1.29 is 37.9 Å². The van der Waals surface area contributed by atoms with E-state index in [1.807, 2.05) is 12.2 Å². The standard InChI is InChI=1S/C48H78NO8P/c1-3-5-7-9-11-13-15-17-19-21-22-23-24-25-26-28-30-32-34-36-38-40-47(51)49-42-43-56-58(53,54)57-45-46(50)44-55-48(52)41-39-37-35-33-31-29-27-20-18-16-14-12-10-8-6-4-2/h5,7,11,13-14,16-17,19-20,22-23,25-27,30,32,36,38,46,50H,3-4,6,8-10,12,15,18,21,24,28-29,31,33-35,37,39-45H2,1-2H3,(H,49,51)(H,53,54)/b7-5-,13-11-,16-14-,19-17-,23-22-,26-25-,27-20-,32-30-,38-36-. The monoisotopic (exact) mass is 828 g/mol. The summed E-state index contributed by atoms with van der Waals surface area (Å²) in [5.74, 6) is -0.674. The van der Waals surface area contributed by atoms with Crippen molar-refractivity contribution in [3.05, 3.63) is 109 Å². The van der Waals surface area contributed by atoms with Crippen molar-refractivity contribution in [2.45, 2.75) is 155 Å². The third-order valence-electron chi connectivity index (χ3n) is 8.47. The summed E-state index contributed by atoms with van der Waals surface area (Å²) in [6, 6.07) is 0. The lowest BCUT2D eigenvalue weighted by Gasteiger charge is -2.15. The molecular weight excluding hydrogens is 750 g/mol. The van der Waals surface area contributed by atoms with Crippen LogP contribution in [0.1, 0.15) is 149 Å². The van der Waals surface area contributed by atoms with Crippen LogP contribution in [-0.4, -0.2) is 54.3 Å². The highest BCUT2D eigenvalue weighted by Crippen LogP contribution is 2.42. The molecule has 0 aromatic carbocycles. The van der Waals surface area contributed by atoms with E-state index < -0.39 is 26.5 Å². The maximum absolute atomic E-state index is 12.1. The summed E-state index contributed by atoms with van der Waals surface area (Å²) >= 11 is 0. The van der Waals surface area contributed by atoms with Gasteiger partial charge in [-0.3, -0.25) is 18.6 Å². The number of hydrogen-bond donors (Lipinski definition) is 3. The number of amides is 1. The molecule has 0 saturated heterocycles. The number of hydrogen-bond acceptors (Lipinski definition) is 7. The summed E-state index contributed by atoms with van der Waals surface area (Å²) < 4.78 is 26.8. The molecule has 3 N–H and O–H groups in total. The predicted molar refractivity (Wildman–Crippen MR) is 242 cm³/mol. The van der Waals surface area contributed by atoms with Crippen LogP contribution in [0, 0.1) is 0 Å². The first-order chi connectivity index (χ1) is 28.3. The molecule has 0 rings (SSSR count). The summed E-state index contributed by atoms with van der Waals surface area (Å²) in [6.07, 6.45) is 57.6. The summed E-state index contributed by atoms with van der Waals surface area (Å²) in [5, 5.41) is 12.6. The highest BCUT2D eigenvalue weighted by Gasteiger charge is 2.23. The number of carbonyl (C=O) groups is 2. The molecule has 0 aliphatic carbocycles. The van der Waals surface area contributed by atoms with Crippen molar-refractivity contribution >= 4 is 19.7 Å². The Bertz CT molecular complexity index is 1310. The molecular formula is C48H78NO8P. The number of aliphatic hydroxyl groups is 1. The smallest absolute Gasteiger partial charge is 0.463 e. The zero-order valence-corrected chi connectivity index (χ0v) is 36.8. The van der Waals surface area contributed by atoms with Crippen LogP contribution in [0.3, 0.4) is 0 Å². The lowest BCUT2D eigenvalue weighted by Crippen LogP contribution is -2.26. The van der Waals surface area contributed by atoms with Crippen LogP contribution in [0.15, 0.2) is 109 Å². The van der Waals surface area contributed by atoms with Gasteiger partial charge in [0, 0.05) is 19.4 Å². The van der Waals surface area contributed by atoms with Crippen LogP contribution >= 0.6 is 7.82 Å². The predicted octanol–water partition coefficient (Wildman–Crippen LogP) is 12.4. The van der Waals surface area contributed by atoms with Gasteiger partial charge < -0.3 is 20.1 Å². The first-order valence-electron chi connectivity index (χ1n) is 21.9. The Balaban J connectivity index is 3.78. The van der Waals surface area contributed by atoms with Crippen LogP contribution in [0.2, 0.25) is 0 Å². The van der Waals surface area contributed by atoms with Crippen molar-refractivity contribution in [3.8, 4) is 0 Å². The Morgan fingerprint density at radius 1 is 0.569 bits per heavy atom. The first-order valence-corrected chi connectivity index (χ1v) is 23.4. The van der Waals surface area contributed by atoms with Gasteiger partial charge in [0.1, 0.15) is 12.7 Å². The largest absolute Gasteiger partial charge is 0.472 e. The fraction of sp³-hybridized carbons (Fsp3) is 0.583. The Labute approximate surface area is 352 Å². The second-order valence-electron chi connectivity index (χ2n) is 13.9. The van der Waals surface area contributed by atoms with Gasteiger partial charge in [0.25, 0.3) is 0 Å². The first kappa shape index (κ1) is 54.7. The number of unbranched alkanes of at least 4 members (excludes halogenated alkanes) is 9. The van der Waals surface area contributed by atoms with Crippen LogP contribution in [0.25, 0.3) is 0 Å². The summed E-state index contributed by atoms with van der Waals surface area (Å²) in [4.78, 5) is 33.9. The number of aliphatic hydroxyl groups excluding tert-OH is 1. The van der Waals surface area contributed by atoms with Gasteiger partial charge in [0.2, 0.25) is 5.91 Å². The van der Waals surface area contributed by atoms with Crippen molar-refractivity contribution in [2.24, 2.45) is 0 Å². The van der Waals surface area contributed by atoms with Gasteiger partial charge in [-0.25, -0.2) is 4.57 Å². The number of phosphoric acid groups is 1. The summed E-state index contributed by atoms with van der Waals surface area (Å²) in [5.41, 5.74) is 0. The van der Waals surface area contributed by atoms with Crippen LogP contribution < -0.4 is 5.32 Å². The van der Waals surface area contributed by atoms with Crippen molar-refractivity contribution in [3.63, 3.8) is 0 Å². The molecule has 0 bridgehead atoms. The lowest BCUT2D eigenvalue weighted by atomic mass is 10.1. The molecule has 0 aromatic rings. The average molecular weight is 828 g/mol. The average Bonchev–Trinajstić information content (AvgIpc) is 3.21. The summed E-state index contributed by atoms with van der Waals surface area (Å²) in [6.45, 7) is 3.25. The fourth-order valence-corrected chi connectivity index (χ4v) is 5.95. The number of nitrogens with one attached hydrogen (secondary N) is 1. The molecule has 0 saturated carbocycles. The Hall–Kier alpha value is -3.33. The number of ether oxygens (including phenoxy) is 1. The van der Waals surface area contributed by atoms with Gasteiger partial charge in [-0.1, -0.05) is 162 Å². The van der Waals surface area contributed by atoms with E-state index >= 15 is 0 Å². The van der Waals surface area contributed by atoms with E-state index in [2.05, 4.69) is 110 Å². The van der Waals surface area contributed by atoms with E-state index in [4.69, 9.17) is 13.8 Å². The zero-order valence-electron chi connectivity index (χ0n) is 35.9. The van der Waals surface area contributed by atoms with Crippen LogP contribution in [-0.2, 0) is 27.9 Å². The fourth-order valence-electron chi connectivity index (χ4n) is 5.19.